The molecule has 4 heteroatoms. The van der Waals surface area contributed by atoms with Crippen molar-refractivity contribution in [2.75, 3.05) is 0 Å². The van der Waals surface area contributed by atoms with Crippen molar-refractivity contribution in [3.63, 3.8) is 0 Å². The lowest BCUT2D eigenvalue weighted by Crippen LogP contribution is -2.21. The zero-order valence-corrected chi connectivity index (χ0v) is 8.13. The van der Waals surface area contributed by atoms with Gasteiger partial charge in [0.25, 0.3) is 0 Å². The average molecular weight is 200 g/mol. The summed E-state index contributed by atoms with van der Waals surface area (Å²) in [4.78, 5) is 0. The van der Waals surface area contributed by atoms with Crippen LogP contribution in [0.15, 0.2) is 12.3 Å². The second-order valence-electron chi connectivity index (χ2n) is 4.18. The van der Waals surface area contributed by atoms with Gasteiger partial charge in [-0.15, -0.1) is 0 Å². The first-order chi connectivity index (χ1) is 6.57. The quantitative estimate of drug-likeness (QED) is 0.781. The Kier molecular flexibility index (Phi) is 2.29. The highest BCUT2D eigenvalue weighted by Gasteiger charge is 2.40. The molecule has 1 aliphatic carbocycles. The topological polar surface area (TPSA) is 28.7 Å². The molecular formula is C10H14F2N2. The average Bonchev–Trinajstić information content (AvgIpc) is 2.73. The molecule has 14 heavy (non-hydrogen) atoms. The monoisotopic (exact) mass is 200 g/mol. The van der Waals surface area contributed by atoms with E-state index < -0.39 is 11.8 Å². The number of H-pyrrole nitrogens is 1. The fourth-order valence-electron chi connectivity index (χ4n) is 2.22. The van der Waals surface area contributed by atoms with Gasteiger partial charge in [-0.3, -0.25) is 5.10 Å². The Bertz CT molecular complexity index is 290. The smallest absolute Gasteiger partial charge is 0.248 e. The maximum Gasteiger partial charge on any atom is 0.248 e. The van der Waals surface area contributed by atoms with Gasteiger partial charge < -0.3 is 0 Å². The van der Waals surface area contributed by atoms with Crippen LogP contribution >= 0.6 is 0 Å². The van der Waals surface area contributed by atoms with Crippen molar-refractivity contribution in [3.05, 3.63) is 18.0 Å². The highest BCUT2D eigenvalue weighted by atomic mass is 19.3. The van der Waals surface area contributed by atoms with E-state index in [9.17, 15) is 8.78 Å². The number of rotatable bonds is 2. The first-order valence-electron chi connectivity index (χ1n) is 4.94. The summed E-state index contributed by atoms with van der Waals surface area (Å²) in [5.41, 5.74) is 0.997. The number of aromatic nitrogens is 2. The third kappa shape index (κ3) is 1.79. The maximum absolute atomic E-state index is 13.0. The van der Waals surface area contributed by atoms with Crippen LogP contribution in [0.25, 0.3) is 0 Å². The number of hydrogen-bond donors (Lipinski definition) is 1. The summed E-state index contributed by atoms with van der Waals surface area (Å²) in [5.74, 6) is -2.75. The summed E-state index contributed by atoms with van der Waals surface area (Å²) < 4.78 is 26.0. The number of alkyl halides is 2. The van der Waals surface area contributed by atoms with Crippen molar-refractivity contribution in [2.45, 2.75) is 38.0 Å². The minimum Gasteiger partial charge on any atom is -0.282 e. The van der Waals surface area contributed by atoms with E-state index in [4.69, 9.17) is 0 Å². The second-order valence-corrected chi connectivity index (χ2v) is 4.18. The van der Waals surface area contributed by atoms with Gasteiger partial charge in [-0.1, -0.05) is 0 Å². The third-order valence-corrected chi connectivity index (χ3v) is 3.11. The molecule has 1 saturated carbocycles. The first kappa shape index (κ1) is 9.62. The summed E-state index contributed by atoms with van der Waals surface area (Å²) in [7, 11) is 0. The van der Waals surface area contributed by atoms with E-state index in [1.54, 1.807) is 6.20 Å². The molecule has 2 atom stereocenters. The van der Waals surface area contributed by atoms with Gasteiger partial charge in [0.15, 0.2) is 0 Å². The predicted molar refractivity (Wildman–Crippen MR) is 49.3 cm³/mol. The van der Waals surface area contributed by atoms with Gasteiger partial charge in [-0.2, -0.15) is 5.10 Å². The van der Waals surface area contributed by atoms with Crippen molar-refractivity contribution in [1.82, 2.24) is 10.2 Å². The summed E-state index contributed by atoms with van der Waals surface area (Å²) in [6, 6.07) is 1.88. The molecule has 0 spiro atoms. The number of hydrogen-bond acceptors (Lipinski definition) is 1. The van der Waals surface area contributed by atoms with Gasteiger partial charge in [0.1, 0.15) is 0 Å². The third-order valence-electron chi connectivity index (χ3n) is 3.11. The molecule has 0 radical (unpaired) electrons. The van der Waals surface area contributed by atoms with Gasteiger partial charge in [-0.05, 0) is 32.3 Å². The van der Waals surface area contributed by atoms with Crippen molar-refractivity contribution in [2.24, 2.45) is 5.92 Å². The molecule has 0 bridgehead atoms. The van der Waals surface area contributed by atoms with Crippen LogP contribution in [0, 0.1) is 5.92 Å². The Balaban J connectivity index is 2.02. The van der Waals surface area contributed by atoms with E-state index in [2.05, 4.69) is 10.2 Å². The van der Waals surface area contributed by atoms with Crippen LogP contribution < -0.4 is 0 Å². The minimum atomic E-state index is -2.53. The standard InChI is InChI=1S/C10H14F2N2/c1-10(11,12)8-3-2-7(6-8)9-4-5-13-14-9/h4-5,7-8H,2-3,6H2,1H3,(H,13,14). The van der Waals surface area contributed by atoms with Crippen molar-refractivity contribution < 1.29 is 8.78 Å². The molecular weight excluding hydrogens is 186 g/mol. The molecule has 1 aliphatic rings. The summed E-state index contributed by atoms with van der Waals surface area (Å²) in [6.07, 6.45) is 3.71. The lowest BCUT2D eigenvalue weighted by Gasteiger charge is -2.18. The molecule has 1 heterocycles. The molecule has 2 unspecified atom stereocenters. The molecule has 1 aromatic rings. The lowest BCUT2D eigenvalue weighted by molar-refractivity contribution is -0.0372. The van der Waals surface area contributed by atoms with E-state index in [1.165, 1.54) is 0 Å². The van der Waals surface area contributed by atoms with Crippen molar-refractivity contribution >= 4 is 0 Å². The number of halogens is 2. The van der Waals surface area contributed by atoms with Gasteiger partial charge in [0.2, 0.25) is 5.92 Å². The van der Waals surface area contributed by atoms with Crippen LogP contribution in [-0.2, 0) is 0 Å². The van der Waals surface area contributed by atoms with E-state index in [0.717, 1.165) is 19.0 Å². The summed E-state index contributed by atoms with van der Waals surface area (Å²) in [5, 5.41) is 6.70. The molecule has 0 amide bonds. The van der Waals surface area contributed by atoms with E-state index in [0.29, 0.717) is 12.8 Å². The number of aromatic amines is 1. The van der Waals surface area contributed by atoms with Gasteiger partial charge in [0, 0.05) is 23.7 Å². The maximum atomic E-state index is 13.0. The zero-order chi connectivity index (χ0) is 10.2. The van der Waals surface area contributed by atoms with Crippen LogP contribution in [0.1, 0.15) is 37.8 Å². The summed E-state index contributed by atoms with van der Waals surface area (Å²) >= 11 is 0. The molecule has 78 valence electrons. The highest BCUT2D eigenvalue weighted by Crippen LogP contribution is 2.44. The Hall–Kier alpha value is -0.930. The normalized spacial score (nSPS) is 28.2. The Morgan fingerprint density at radius 2 is 2.29 bits per heavy atom. The number of nitrogens with zero attached hydrogens (tertiary/aromatic N) is 1. The molecule has 2 rings (SSSR count). The van der Waals surface area contributed by atoms with Gasteiger partial charge in [0.05, 0.1) is 0 Å². The fraction of sp³-hybridized carbons (Fsp3) is 0.700. The molecule has 1 N–H and O–H groups in total. The van der Waals surface area contributed by atoms with Gasteiger partial charge in [-0.25, -0.2) is 8.78 Å². The van der Waals surface area contributed by atoms with Gasteiger partial charge >= 0.3 is 0 Å². The molecule has 0 saturated heterocycles. The highest BCUT2D eigenvalue weighted by molar-refractivity contribution is 5.08. The SMILES string of the molecule is CC(F)(F)C1CCC(c2ccn[nH]2)C1. The van der Waals surface area contributed by atoms with E-state index >= 15 is 0 Å². The summed E-state index contributed by atoms with van der Waals surface area (Å²) in [6.45, 7) is 1.02. The van der Waals surface area contributed by atoms with Crippen molar-refractivity contribution in [3.8, 4) is 0 Å². The van der Waals surface area contributed by atoms with Crippen LogP contribution in [-0.4, -0.2) is 16.1 Å². The van der Waals surface area contributed by atoms with Crippen molar-refractivity contribution in [1.29, 1.82) is 0 Å². The van der Waals surface area contributed by atoms with Crippen LogP contribution in [0.2, 0.25) is 0 Å². The van der Waals surface area contributed by atoms with E-state index in [1.807, 2.05) is 6.07 Å². The molecule has 2 nitrogen and oxygen atoms in total. The van der Waals surface area contributed by atoms with Crippen LogP contribution in [0.4, 0.5) is 8.78 Å². The molecule has 0 aromatic carbocycles. The largest absolute Gasteiger partial charge is 0.282 e. The van der Waals surface area contributed by atoms with Crippen LogP contribution in [0.3, 0.4) is 0 Å². The Labute approximate surface area is 81.7 Å². The lowest BCUT2D eigenvalue weighted by atomic mass is 9.98. The first-order valence-corrected chi connectivity index (χ1v) is 4.94. The van der Waals surface area contributed by atoms with Crippen LogP contribution in [0.5, 0.6) is 0 Å². The Morgan fingerprint density at radius 3 is 2.79 bits per heavy atom. The molecule has 1 fully saturated rings. The second kappa shape index (κ2) is 3.33. The predicted octanol–water partition coefficient (Wildman–Crippen LogP) is 2.95. The van der Waals surface area contributed by atoms with E-state index in [-0.39, 0.29) is 5.92 Å². The molecule has 1 aromatic heterocycles. The minimum absolute atomic E-state index is 0.244. The fourth-order valence-corrected chi connectivity index (χ4v) is 2.22. The zero-order valence-electron chi connectivity index (χ0n) is 8.13. The Morgan fingerprint density at radius 1 is 1.50 bits per heavy atom. The molecule has 0 aliphatic heterocycles. The number of nitrogens with one attached hydrogen (secondary N) is 1.